The van der Waals surface area contributed by atoms with E-state index in [0.717, 1.165) is 12.8 Å². The second-order valence-corrected chi connectivity index (χ2v) is 4.09. The zero-order chi connectivity index (χ0) is 19.3. The highest BCUT2D eigenvalue weighted by molar-refractivity contribution is 5.81. The molecule has 0 aromatic carbocycles. The molecule has 0 aliphatic carbocycles. The first-order valence-corrected chi connectivity index (χ1v) is 6.60. The summed E-state index contributed by atoms with van der Waals surface area (Å²) in [6.07, 6.45) is -8.43. The van der Waals surface area contributed by atoms with Crippen molar-refractivity contribution in [1.29, 1.82) is 0 Å². The topological polar surface area (TPSA) is 52.6 Å². The summed E-state index contributed by atoms with van der Waals surface area (Å²) in [6, 6.07) is 0. The van der Waals surface area contributed by atoms with Crippen LogP contribution in [-0.2, 0) is 19.1 Å². The van der Waals surface area contributed by atoms with Crippen LogP contribution in [0.3, 0.4) is 0 Å². The van der Waals surface area contributed by atoms with Gasteiger partial charge in [-0.15, -0.1) is 0 Å². The third-order valence-corrected chi connectivity index (χ3v) is 2.19. The van der Waals surface area contributed by atoms with Gasteiger partial charge in [0.1, 0.15) is 0 Å². The number of halogens is 6. The second-order valence-electron chi connectivity index (χ2n) is 4.09. The molecule has 2 unspecified atom stereocenters. The number of esters is 2. The van der Waals surface area contributed by atoms with Crippen LogP contribution < -0.4 is 0 Å². The van der Waals surface area contributed by atoms with Crippen molar-refractivity contribution in [3.05, 3.63) is 25.3 Å². The van der Waals surface area contributed by atoms with Gasteiger partial charge in [0, 0.05) is 12.2 Å². The molecule has 0 aliphatic heterocycles. The molecule has 0 saturated carbocycles. The minimum atomic E-state index is -5.10. The lowest BCUT2D eigenvalue weighted by Gasteiger charge is -2.22. The first kappa shape index (κ1) is 24.3. The summed E-state index contributed by atoms with van der Waals surface area (Å²) >= 11 is 0. The number of carbonyl (C=O) groups is 2. The Balaban J connectivity index is 0. The zero-order valence-corrected chi connectivity index (χ0v) is 12.8. The first-order valence-electron chi connectivity index (χ1n) is 6.60. The molecule has 24 heavy (non-hydrogen) atoms. The summed E-state index contributed by atoms with van der Waals surface area (Å²) < 4.78 is 80.4. The number of rotatable bonds is 9. The maximum atomic E-state index is 12.4. The van der Waals surface area contributed by atoms with Gasteiger partial charge in [-0.25, -0.2) is 22.8 Å². The predicted molar refractivity (Wildman–Crippen MR) is 73.1 cm³/mol. The lowest BCUT2D eigenvalue weighted by Crippen LogP contribution is -2.45. The molecule has 0 bridgehead atoms. The summed E-state index contributed by atoms with van der Waals surface area (Å²) in [4.78, 5) is 20.6. The number of ether oxygens (including phenoxy) is 2. The van der Waals surface area contributed by atoms with Crippen LogP contribution in [0.15, 0.2) is 25.3 Å². The first-order chi connectivity index (χ1) is 11.0. The van der Waals surface area contributed by atoms with Crippen molar-refractivity contribution in [3.63, 3.8) is 0 Å². The summed E-state index contributed by atoms with van der Waals surface area (Å²) in [5.74, 6) is -7.04. The monoisotopic (exact) mass is 364 g/mol. The second kappa shape index (κ2) is 12.4. The van der Waals surface area contributed by atoms with E-state index in [2.05, 4.69) is 22.6 Å². The number of carbonyl (C=O) groups excluding carboxylic acids is 2. The Morgan fingerprint density at radius 3 is 1.96 bits per heavy atom. The average Bonchev–Trinajstić information content (AvgIpc) is 2.54. The molecular weight excluding hydrogens is 346 g/mol. The summed E-state index contributed by atoms with van der Waals surface area (Å²) in [6.45, 7) is 8.57. The van der Waals surface area contributed by atoms with Gasteiger partial charge in [-0.05, 0) is 6.42 Å². The van der Waals surface area contributed by atoms with Crippen molar-refractivity contribution in [2.75, 3.05) is 6.61 Å². The third-order valence-electron chi connectivity index (χ3n) is 2.19. The molecule has 0 aliphatic rings. The smallest absolute Gasteiger partial charge is 0.349 e. The van der Waals surface area contributed by atoms with Gasteiger partial charge in [0.15, 0.2) is 0 Å². The highest BCUT2D eigenvalue weighted by Gasteiger charge is 2.55. The van der Waals surface area contributed by atoms with Crippen LogP contribution in [0.4, 0.5) is 26.3 Å². The molecule has 10 heteroatoms. The molecule has 0 aromatic heterocycles. The Bertz CT molecular complexity index is 414. The van der Waals surface area contributed by atoms with Crippen LogP contribution in [0.1, 0.15) is 19.8 Å². The largest absolute Gasteiger partial charge is 0.463 e. The summed E-state index contributed by atoms with van der Waals surface area (Å²) in [7, 11) is 0. The number of hydrogen-bond donors (Lipinski definition) is 0. The molecule has 0 heterocycles. The van der Waals surface area contributed by atoms with E-state index in [-0.39, 0.29) is 5.97 Å². The third kappa shape index (κ3) is 9.90. The van der Waals surface area contributed by atoms with E-state index in [1.807, 2.05) is 6.92 Å². The molecule has 0 rings (SSSR count). The van der Waals surface area contributed by atoms with Crippen molar-refractivity contribution in [3.8, 4) is 0 Å². The van der Waals surface area contributed by atoms with Gasteiger partial charge < -0.3 is 9.47 Å². The molecule has 0 aromatic rings. The van der Waals surface area contributed by atoms with E-state index in [9.17, 15) is 35.9 Å². The predicted octanol–water partition coefficient (Wildman–Crippen LogP) is 3.77. The highest BCUT2D eigenvalue weighted by atomic mass is 19.3. The molecule has 0 amide bonds. The Kier molecular flexibility index (Phi) is 12.6. The lowest BCUT2D eigenvalue weighted by molar-refractivity contribution is -0.236. The van der Waals surface area contributed by atoms with Gasteiger partial charge in [0.2, 0.25) is 6.17 Å². The van der Waals surface area contributed by atoms with Gasteiger partial charge in [-0.2, -0.15) is 13.2 Å². The summed E-state index contributed by atoms with van der Waals surface area (Å²) in [5, 5.41) is 0. The van der Waals surface area contributed by atoms with Crippen LogP contribution >= 0.6 is 0 Å². The van der Waals surface area contributed by atoms with Crippen molar-refractivity contribution in [2.24, 2.45) is 0 Å². The van der Waals surface area contributed by atoms with E-state index in [1.54, 1.807) is 0 Å². The minimum Gasteiger partial charge on any atom is -0.463 e. The van der Waals surface area contributed by atoms with Crippen LogP contribution in [0.25, 0.3) is 0 Å². The molecule has 140 valence electrons. The normalized spacial score (nSPS) is 13.2. The maximum absolute atomic E-state index is 12.4. The van der Waals surface area contributed by atoms with E-state index in [0.29, 0.717) is 12.7 Å². The Hall–Kier alpha value is -2.00. The highest BCUT2D eigenvalue weighted by Crippen LogP contribution is 2.32. The number of alkyl halides is 6. The fraction of sp³-hybridized carbons (Fsp3) is 0.571. The average molecular weight is 364 g/mol. The molecule has 2 atom stereocenters. The van der Waals surface area contributed by atoms with Gasteiger partial charge in [-0.1, -0.05) is 26.5 Å². The van der Waals surface area contributed by atoms with Crippen LogP contribution in [0.2, 0.25) is 0 Å². The van der Waals surface area contributed by atoms with E-state index in [1.165, 1.54) is 6.08 Å². The van der Waals surface area contributed by atoms with E-state index < -0.39 is 30.8 Å². The van der Waals surface area contributed by atoms with Crippen LogP contribution in [0.5, 0.6) is 0 Å². The molecule has 0 N–H and O–H groups in total. The van der Waals surface area contributed by atoms with Crippen molar-refractivity contribution in [1.82, 2.24) is 0 Å². The Morgan fingerprint density at radius 1 is 1.08 bits per heavy atom. The summed E-state index contributed by atoms with van der Waals surface area (Å²) in [5.41, 5.74) is 0. The lowest BCUT2D eigenvalue weighted by atomic mass is 10.2. The van der Waals surface area contributed by atoms with Gasteiger partial charge >= 0.3 is 24.2 Å². The van der Waals surface area contributed by atoms with Crippen LogP contribution in [0, 0.1) is 0 Å². The molecule has 0 radical (unpaired) electrons. The zero-order valence-electron chi connectivity index (χ0n) is 12.8. The van der Waals surface area contributed by atoms with E-state index in [4.69, 9.17) is 0 Å². The van der Waals surface area contributed by atoms with E-state index >= 15 is 0 Å². The van der Waals surface area contributed by atoms with Crippen molar-refractivity contribution >= 4 is 11.9 Å². The fourth-order valence-electron chi connectivity index (χ4n) is 0.898. The number of hydrogen-bond acceptors (Lipinski definition) is 4. The fourth-order valence-corrected chi connectivity index (χ4v) is 0.898. The molecule has 0 fully saturated rings. The van der Waals surface area contributed by atoms with Crippen LogP contribution in [-0.4, -0.2) is 43.4 Å². The molecule has 0 spiro atoms. The SMILES string of the molecule is C=CC(=O)OC(F)C(F)(F)C(F)C(F)F.C=CC(=O)OCCCC. The minimum absolute atomic E-state index is 0.330. The standard InChI is InChI=1S/C7H6F6O2.C7H12O2/c1-2-3(14)15-6(11)7(12,13)4(8)5(9)10;1-3-5-6-9-7(8)4-2/h2,4-6H,1H2;4H,2-3,5-6H2,1H3. The van der Waals surface area contributed by atoms with Gasteiger partial charge in [0.25, 0.3) is 6.43 Å². The quantitative estimate of drug-likeness (QED) is 0.271. The van der Waals surface area contributed by atoms with Crippen molar-refractivity contribution < 1.29 is 45.4 Å². The van der Waals surface area contributed by atoms with Gasteiger partial charge in [0.05, 0.1) is 6.61 Å². The van der Waals surface area contributed by atoms with Gasteiger partial charge in [-0.3, -0.25) is 0 Å². The molecule has 0 saturated heterocycles. The maximum Gasteiger partial charge on any atom is 0.349 e. The Morgan fingerprint density at radius 2 is 1.58 bits per heavy atom. The molecular formula is C14H18F6O4. The number of unbranched alkanes of at least 4 members (excludes halogenated alkanes) is 1. The Labute approximate surface area is 135 Å². The van der Waals surface area contributed by atoms with Crippen molar-refractivity contribution in [2.45, 2.75) is 44.6 Å². The molecule has 4 nitrogen and oxygen atoms in total.